The number of hydrogen-bond acceptors (Lipinski definition) is 5. The fourth-order valence-electron chi connectivity index (χ4n) is 1.57. The van der Waals surface area contributed by atoms with Crippen LogP contribution in [0.3, 0.4) is 0 Å². The van der Waals surface area contributed by atoms with E-state index in [1.165, 1.54) is 24.3 Å². The van der Waals surface area contributed by atoms with Crippen LogP contribution in [0.5, 0.6) is 0 Å². The van der Waals surface area contributed by atoms with Crippen molar-refractivity contribution in [3.05, 3.63) is 35.1 Å². The molecule has 0 saturated carbocycles. The zero-order valence-corrected chi connectivity index (χ0v) is 12.5. The minimum atomic E-state index is -6.53. The van der Waals surface area contributed by atoms with Crippen molar-refractivity contribution in [2.24, 2.45) is 0 Å². The van der Waals surface area contributed by atoms with Crippen LogP contribution in [-0.4, -0.2) is 27.1 Å². The van der Waals surface area contributed by atoms with Crippen molar-refractivity contribution in [1.82, 2.24) is 15.0 Å². The molecule has 1 heterocycles. The molecule has 2 aromatic rings. The molecule has 0 bridgehead atoms. The highest BCUT2D eigenvalue weighted by molar-refractivity contribution is 6.30. The molecule has 0 aliphatic heterocycles. The molecule has 0 unspecified atom stereocenters. The Morgan fingerprint density at radius 1 is 0.880 bits per heavy atom. The zero-order valence-electron chi connectivity index (χ0n) is 11.8. The number of hydrogen-bond donors (Lipinski definition) is 2. The number of halogens is 8. The first-order valence-corrected chi connectivity index (χ1v) is 6.59. The van der Waals surface area contributed by atoms with E-state index in [2.05, 4.69) is 20.3 Å². The molecule has 0 fully saturated rings. The van der Waals surface area contributed by atoms with Crippen LogP contribution in [0.2, 0.25) is 5.02 Å². The van der Waals surface area contributed by atoms with Crippen LogP contribution < -0.4 is 11.1 Å². The van der Waals surface area contributed by atoms with Gasteiger partial charge in [0.25, 0.3) is 0 Å². The van der Waals surface area contributed by atoms with Crippen molar-refractivity contribution in [2.75, 3.05) is 11.1 Å². The molecule has 0 aliphatic carbocycles. The van der Waals surface area contributed by atoms with Crippen LogP contribution in [0, 0.1) is 0 Å². The maximum absolute atomic E-state index is 13.7. The molecule has 0 atom stereocenters. The molecule has 0 spiro atoms. The summed E-state index contributed by atoms with van der Waals surface area (Å²) in [4.78, 5) is 8.99. The Labute approximate surface area is 140 Å². The van der Waals surface area contributed by atoms with Crippen LogP contribution in [-0.2, 0) is 5.92 Å². The molecule has 1 aromatic carbocycles. The SMILES string of the molecule is Nc1nc(Nc2ccc(Cl)cc2)nc(C(F)(F)C(F)(F)C(F)(F)F)n1. The highest BCUT2D eigenvalue weighted by Gasteiger charge is 2.75. The summed E-state index contributed by atoms with van der Waals surface area (Å²) in [6, 6.07) is 5.48. The molecule has 25 heavy (non-hydrogen) atoms. The molecule has 1 aromatic heterocycles. The molecular weight excluding hydrogens is 383 g/mol. The number of aromatic nitrogens is 3. The number of nitrogens with one attached hydrogen (secondary N) is 1. The summed E-state index contributed by atoms with van der Waals surface area (Å²) in [7, 11) is 0. The van der Waals surface area contributed by atoms with Crippen LogP contribution in [0.4, 0.5) is 48.3 Å². The topological polar surface area (TPSA) is 76.7 Å². The van der Waals surface area contributed by atoms with Crippen LogP contribution in [0.25, 0.3) is 0 Å². The number of nitrogen functional groups attached to an aromatic ring is 1. The van der Waals surface area contributed by atoms with Gasteiger partial charge in [0, 0.05) is 10.7 Å². The Morgan fingerprint density at radius 3 is 1.96 bits per heavy atom. The Bertz CT molecular complexity index is 763. The zero-order chi connectivity index (χ0) is 19.0. The van der Waals surface area contributed by atoms with E-state index in [1.807, 2.05) is 0 Å². The van der Waals surface area contributed by atoms with E-state index >= 15 is 0 Å². The van der Waals surface area contributed by atoms with Gasteiger partial charge >= 0.3 is 18.0 Å². The van der Waals surface area contributed by atoms with Gasteiger partial charge in [-0.15, -0.1) is 0 Å². The Balaban J connectivity index is 2.43. The number of alkyl halides is 7. The van der Waals surface area contributed by atoms with Crippen molar-refractivity contribution in [3.8, 4) is 0 Å². The molecular formula is C12H7ClF7N5. The normalized spacial score (nSPS) is 13.0. The van der Waals surface area contributed by atoms with E-state index in [0.717, 1.165) is 0 Å². The highest BCUT2D eigenvalue weighted by atomic mass is 35.5. The highest BCUT2D eigenvalue weighted by Crippen LogP contribution is 2.50. The summed E-state index contributed by atoms with van der Waals surface area (Å²) < 4.78 is 90.2. The van der Waals surface area contributed by atoms with Gasteiger partial charge in [0.15, 0.2) is 0 Å². The third kappa shape index (κ3) is 3.67. The second kappa shape index (κ2) is 6.17. The molecule has 0 radical (unpaired) electrons. The van der Waals surface area contributed by atoms with Gasteiger partial charge in [-0.1, -0.05) is 11.6 Å². The van der Waals surface area contributed by atoms with Crippen LogP contribution in [0.1, 0.15) is 5.82 Å². The fourth-order valence-corrected chi connectivity index (χ4v) is 1.70. The first-order chi connectivity index (χ1) is 11.3. The molecule has 0 aliphatic rings. The standard InChI is InChI=1S/C12H7ClF7N5/c13-5-1-3-6(4-2-5)22-9-24-7(23-8(21)25-9)10(14,15)11(16,17)12(18,19)20/h1-4H,(H3,21,22,23,24,25). The van der Waals surface area contributed by atoms with Crippen molar-refractivity contribution in [1.29, 1.82) is 0 Å². The minimum Gasteiger partial charge on any atom is -0.368 e. The van der Waals surface area contributed by atoms with Gasteiger partial charge in [-0.05, 0) is 24.3 Å². The third-order valence-electron chi connectivity index (χ3n) is 2.78. The maximum atomic E-state index is 13.7. The van der Waals surface area contributed by atoms with E-state index in [-0.39, 0.29) is 5.69 Å². The maximum Gasteiger partial charge on any atom is 0.460 e. The molecule has 0 amide bonds. The van der Waals surface area contributed by atoms with Gasteiger partial charge in [-0.2, -0.15) is 45.7 Å². The first kappa shape index (κ1) is 19.0. The Kier molecular flexibility index (Phi) is 4.68. The molecule has 3 N–H and O–H groups in total. The van der Waals surface area contributed by atoms with E-state index in [0.29, 0.717) is 5.02 Å². The summed E-state index contributed by atoms with van der Waals surface area (Å²) in [5, 5.41) is 2.65. The van der Waals surface area contributed by atoms with E-state index in [9.17, 15) is 30.7 Å². The van der Waals surface area contributed by atoms with E-state index in [1.54, 1.807) is 0 Å². The Hall–Kier alpha value is -2.37. The lowest BCUT2D eigenvalue weighted by Crippen LogP contribution is -2.50. The lowest BCUT2D eigenvalue weighted by molar-refractivity contribution is -0.361. The molecule has 136 valence electrons. The quantitative estimate of drug-likeness (QED) is 0.769. The number of nitrogens with two attached hydrogens (primary N) is 1. The summed E-state index contributed by atoms with van der Waals surface area (Å²) in [5.74, 6) is -16.0. The van der Waals surface area contributed by atoms with E-state index < -0.39 is 35.7 Å². The smallest absolute Gasteiger partial charge is 0.368 e. The summed E-state index contributed by atoms with van der Waals surface area (Å²) >= 11 is 5.64. The van der Waals surface area contributed by atoms with Gasteiger partial charge in [0.1, 0.15) is 0 Å². The predicted molar refractivity (Wildman–Crippen MR) is 73.9 cm³/mol. The molecule has 13 heteroatoms. The summed E-state index contributed by atoms with van der Waals surface area (Å²) in [6.45, 7) is 0. The molecule has 0 saturated heterocycles. The fraction of sp³-hybridized carbons (Fsp3) is 0.250. The van der Waals surface area contributed by atoms with Crippen molar-refractivity contribution < 1.29 is 30.7 Å². The minimum absolute atomic E-state index is 0.187. The van der Waals surface area contributed by atoms with Gasteiger partial charge in [-0.25, -0.2) is 0 Å². The first-order valence-electron chi connectivity index (χ1n) is 6.21. The van der Waals surface area contributed by atoms with Gasteiger partial charge in [0.05, 0.1) is 0 Å². The average molecular weight is 390 g/mol. The second-order valence-electron chi connectivity index (χ2n) is 4.62. The van der Waals surface area contributed by atoms with Gasteiger partial charge < -0.3 is 11.1 Å². The number of rotatable bonds is 4. The summed E-state index contributed by atoms with van der Waals surface area (Å²) in [5.41, 5.74) is 5.29. The van der Waals surface area contributed by atoms with Crippen LogP contribution >= 0.6 is 11.6 Å². The predicted octanol–water partition coefficient (Wildman–Crippen LogP) is 4.14. The molecule has 5 nitrogen and oxygen atoms in total. The third-order valence-corrected chi connectivity index (χ3v) is 3.04. The van der Waals surface area contributed by atoms with E-state index in [4.69, 9.17) is 17.3 Å². The lowest BCUT2D eigenvalue weighted by atomic mass is 10.1. The number of nitrogens with zero attached hydrogens (tertiary/aromatic N) is 3. The van der Waals surface area contributed by atoms with Crippen molar-refractivity contribution >= 4 is 29.2 Å². The average Bonchev–Trinajstić information content (AvgIpc) is 2.47. The van der Waals surface area contributed by atoms with Gasteiger partial charge in [-0.3, -0.25) is 0 Å². The molecule has 2 rings (SSSR count). The lowest BCUT2D eigenvalue weighted by Gasteiger charge is -2.27. The Morgan fingerprint density at radius 2 is 1.44 bits per heavy atom. The van der Waals surface area contributed by atoms with Crippen LogP contribution in [0.15, 0.2) is 24.3 Å². The number of benzene rings is 1. The number of anilines is 3. The monoisotopic (exact) mass is 389 g/mol. The summed E-state index contributed by atoms with van der Waals surface area (Å²) in [6.07, 6.45) is -6.53. The second-order valence-corrected chi connectivity index (χ2v) is 5.06. The largest absolute Gasteiger partial charge is 0.460 e. The van der Waals surface area contributed by atoms with Crippen molar-refractivity contribution in [2.45, 2.75) is 18.0 Å². The van der Waals surface area contributed by atoms with Gasteiger partial charge in [0.2, 0.25) is 17.7 Å². The van der Waals surface area contributed by atoms with Crippen molar-refractivity contribution in [3.63, 3.8) is 0 Å².